The Balaban J connectivity index is 0.000000559. The summed E-state index contributed by atoms with van der Waals surface area (Å²) in [7, 11) is -1.19. The van der Waals surface area contributed by atoms with Gasteiger partial charge in [0.2, 0.25) is 10.0 Å². The van der Waals surface area contributed by atoms with E-state index in [-0.39, 0.29) is 11.7 Å². The highest BCUT2D eigenvalue weighted by Gasteiger charge is 2.38. The molecule has 1 aliphatic heterocycles. The predicted octanol–water partition coefficient (Wildman–Crippen LogP) is 3.95. The van der Waals surface area contributed by atoms with E-state index in [1.54, 1.807) is 11.2 Å². The van der Waals surface area contributed by atoms with Gasteiger partial charge in [0, 0.05) is 50.0 Å². The molecule has 3 aromatic rings. The van der Waals surface area contributed by atoms with Gasteiger partial charge in [-0.1, -0.05) is 0 Å². The Morgan fingerprint density at radius 2 is 1.80 bits per heavy atom. The van der Waals surface area contributed by atoms with E-state index in [4.69, 9.17) is 15.6 Å². The van der Waals surface area contributed by atoms with Gasteiger partial charge in [0.1, 0.15) is 5.82 Å². The minimum atomic E-state index is -5.08. The third-order valence-corrected chi connectivity index (χ3v) is 8.81. The number of rotatable bonds is 7. The molecule has 0 spiro atoms. The molecule has 218 valence electrons. The number of pyridine rings is 1. The number of carboxylic acids is 1. The average Bonchev–Trinajstić information content (AvgIpc) is 3.36. The van der Waals surface area contributed by atoms with Crippen molar-refractivity contribution in [3.8, 4) is 11.1 Å². The molecule has 0 unspecified atom stereocenters. The van der Waals surface area contributed by atoms with Crippen LogP contribution in [0.4, 0.5) is 19.0 Å². The zero-order valence-electron chi connectivity index (χ0n) is 22.3. The molecule has 0 aliphatic carbocycles. The number of nitrogens with one attached hydrogen (secondary N) is 1. The number of carboxylic acid groups (broad SMARTS) is 1. The second-order valence-electron chi connectivity index (χ2n) is 9.35. The van der Waals surface area contributed by atoms with Crippen LogP contribution in [-0.2, 0) is 14.8 Å². The van der Waals surface area contributed by atoms with Crippen molar-refractivity contribution < 1.29 is 36.3 Å². The Bertz CT molecular complexity index is 1460. The first-order valence-electron chi connectivity index (χ1n) is 12.6. The number of carbonyl (C=O) groups excluding carboxylic acids is 1. The molecule has 0 atom stereocenters. The van der Waals surface area contributed by atoms with Crippen molar-refractivity contribution in [2.75, 3.05) is 37.3 Å². The van der Waals surface area contributed by atoms with E-state index in [0.717, 1.165) is 52.8 Å². The second kappa shape index (κ2) is 12.3. The number of carbonyl (C=O) groups is 2. The van der Waals surface area contributed by atoms with Gasteiger partial charge in [-0.2, -0.15) is 13.2 Å². The number of H-pyrrole nitrogens is 1. The van der Waals surface area contributed by atoms with Gasteiger partial charge < -0.3 is 20.7 Å². The van der Waals surface area contributed by atoms with Crippen LogP contribution in [0.25, 0.3) is 22.0 Å². The molecule has 1 fully saturated rings. The molecule has 1 aromatic carbocycles. The number of sulfonamides is 1. The molecule has 0 saturated carbocycles. The van der Waals surface area contributed by atoms with E-state index in [2.05, 4.69) is 27.9 Å². The number of anilines is 1. The van der Waals surface area contributed by atoms with Crippen LogP contribution in [0.15, 0.2) is 36.7 Å². The number of hydrogen-bond acceptors (Lipinski definition) is 6. The number of piperidine rings is 1. The maximum atomic E-state index is 12.3. The van der Waals surface area contributed by atoms with Crippen molar-refractivity contribution in [2.45, 2.75) is 38.8 Å². The third-order valence-electron chi connectivity index (χ3n) is 6.93. The summed E-state index contributed by atoms with van der Waals surface area (Å²) in [5.74, 6) is -2.04. The highest BCUT2D eigenvalue weighted by Crippen LogP contribution is 2.37. The van der Waals surface area contributed by atoms with Crippen molar-refractivity contribution in [2.24, 2.45) is 5.73 Å². The molecular weight excluding hydrogens is 551 g/mol. The number of amides is 1. The van der Waals surface area contributed by atoms with Crippen molar-refractivity contribution in [1.29, 1.82) is 0 Å². The number of halogens is 3. The van der Waals surface area contributed by atoms with E-state index in [0.29, 0.717) is 18.7 Å². The summed E-state index contributed by atoms with van der Waals surface area (Å²) in [5, 5.41) is 8.08. The van der Waals surface area contributed by atoms with E-state index in [1.165, 1.54) is 0 Å². The number of fused-ring (bicyclic) bond motifs is 1. The zero-order valence-corrected chi connectivity index (χ0v) is 23.1. The fourth-order valence-corrected chi connectivity index (χ4v) is 5.66. The van der Waals surface area contributed by atoms with E-state index in [9.17, 15) is 26.4 Å². The summed E-state index contributed by atoms with van der Waals surface area (Å²) in [5.41, 5.74) is 9.76. The highest BCUT2D eigenvalue weighted by atomic mass is 32.2. The number of primary amides is 1. The number of hydrogen-bond donors (Lipinski definition) is 3. The summed E-state index contributed by atoms with van der Waals surface area (Å²) in [6.07, 6.45) is 0.144. The largest absolute Gasteiger partial charge is 0.490 e. The molecule has 1 amide bonds. The SMILES string of the molecule is CCN(C)c1ccc(-c2cc(C(N)=O)c3[nH]cc(C4CCN(S(=O)(=O)CC)CC4)c3c2)cn1.O=C(O)C(F)(F)F. The number of benzene rings is 1. The van der Waals surface area contributed by atoms with Gasteiger partial charge in [0.05, 0.1) is 16.8 Å². The molecule has 40 heavy (non-hydrogen) atoms. The molecule has 0 bridgehead atoms. The maximum Gasteiger partial charge on any atom is 0.490 e. The summed E-state index contributed by atoms with van der Waals surface area (Å²) in [6.45, 7) is 5.61. The standard InChI is InChI=1S/C24H31N5O3S.C2HF3O2/c1-4-28(3)22-7-6-17(14-26-22)18-12-19-21(15-27-23(19)20(13-18)24(25)30)16-8-10-29(11-9-16)33(31,32)5-2;3-2(4,5)1(6)7/h6-7,12-16,27H,4-5,8-11H2,1-3H3,(H2,25,30);(H,6,7). The molecule has 4 rings (SSSR count). The molecule has 14 heteroatoms. The molecule has 10 nitrogen and oxygen atoms in total. The Morgan fingerprint density at radius 1 is 1.18 bits per heavy atom. The lowest BCUT2D eigenvalue weighted by atomic mass is 9.88. The molecule has 0 radical (unpaired) electrons. The zero-order chi connectivity index (χ0) is 29.8. The van der Waals surface area contributed by atoms with E-state index < -0.39 is 28.1 Å². The molecule has 1 aliphatic rings. The van der Waals surface area contributed by atoms with Gasteiger partial charge in [0.15, 0.2) is 0 Å². The molecule has 1 saturated heterocycles. The van der Waals surface area contributed by atoms with Gasteiger partial charge in [-0.15, -0.1) is 0 Å². The monoisotopic (exact) mass is 583 g/mol. The third kappa shape index (κ3) is 6.91. The van der Waals surface area contributed by atoms with Crippen molar-refractivity contribution in [3.63, 3.8) is 0 Å². The summed E-state index contributed by atoms with van der Waals surface area (Å²) >= 11 is 0. The van der Waals surface area contributed by atoms with Gasteiger partial charge in [-0.3, -0.25) is 4.79 Å². The number of nitrogens with zero attached hydrogens (tertiary/aromatic N) is 3. The minimum absolute atomic E-state index is 0.122. The van der Waals surface area contributed by atoms with Crippen molar-refractivity contribution in [1.82, 2.24) is 14.3 Å². The molecule has 2 aromatic heterocycles. The lowest BCUT2D eigenvalue weighted by Crippen LogP contribution is -2.38. The van der Waals surface area contributed by atoms with Crippen LogP contribution in [0.3, 0.4) is 0 Å². The Labute approximate surface area is 230 Å². The second-order valence-corrected chi connectivity index (χ2v) is 11.6. The smallest absolute Gasteiger partial charge is 0.475 e. The number of nitrogens with two attached hydrogens (primary N) is 1. The highest BCUT2D eigenvalue weighted by molar-refractivity contribution is 7.89. The first-order valence-corrected chi connectivity index (χ1v) is 14.2. The van der Waals surface area contributed by atoms with Gasteiger partial charge in [-0.05, 0) is 68.0 Å². The van der Waals surface area contributed by atoms with Gasteiger partial charge >= 0.3 is 12.1 Å². The van der Waals surface area contributed by atoms with Crippen LogP contribution in [0.5, 0.6) is 0 Å². The summed E-state index contributed by atoms with van der Waals surface area (Å²) in [4.78, 5) is 31.0. The average molecular weight is 584 g/mol. The predicted molar refractivity (Wildman–Crippen MR) is 146 cm³/mol. The lowest BCUT2D eigenvalue weighted by molar-refractivity contribution is -0.192. The lowest BCUT2D eigenvalue weighted by Gasteiger charge is -2.31. The Morgan fingerprint density at radius 3 is 2.27 bits per heavy atom. The minimum Gasteiger partial charge on any atom is -0.475 e. The quantitative estimate of drug-likeness (QED) is 0.381. The van der Waals surface area contributed by atoms with Crippen LogP contribution in [-0.4, -0.2) is 78.3 Å². The van der Waals surface area contributed by atoms with E-state index in [1.807, 2.05) is 37.6 Å². The van der Waals surface area contributed by atoms with Crippen LogP contribution < -0.4 is 10.6 Å². The first kappa shape index (κ1) is 30.9. The summed E-state index contributed by atoms with van der Waals surface area (Å²) in [6, 6.07) is 7.85. The topological polar surface area (TPSA) is 150 Å². The van der Waals surface area contributed by atoms with Crippen LogP contribution >= 0.6 is 0 Å². The van der Waals surface area contributed by atoms with E-state index >= 15 is 0 Å². The van der Waals surface area contributed by atoms with Gasteiger partial charge in [-0.25, -0.2) is 22.5 Å². The fourth-order valence-electron chi connectivity index (χ4n) is 4.52. The number of alkyl halides is 3. The number of aliphatic carboxylic acids is 1. The number of aromatic amines is 1. The number of aromatic nitrogens is 2. The molecular formula is C26H32F3N5O5S. The van der Waals surface area contributed by atoms with Crippen LogP contribution in [0.2, 0.25) is 0 Å². The van der Waals surface area contributed by atoms with Gasteiger partial charge in [0.25, 0.3) is 5.91 Å². The summed E-state index contributed by atoms with van der Waals surface area (Å²) < 4.78 is 57.8. The maximum absolute atomic E-state index is 12.3. The van der Waals surface area contributed by atoms with Crippen LogP contribution in [0.1, 0.15) is 48.5 Å². The van der Waals surface area contributed by atoms with Crippen molar-refractivity contribution in [3.05, 3.63) is 47.8 Å². The van der Waals surface area contributed by atoms with Crippen LogP contribution in [0, 0.1) is 0 Å². The molecule has 4 N–H and O–H groups in total. The first-order chi connectivity index (χ1) is 18.7. The Hall–Kier alpha value is -3.65. The fraction of sp³-hybridized carbons (Fsp3) is 0.423. The van der Waals surface area contributed by atoms with Crippen molar-refractivity contribution >= 4 is 38.6 Å². The normalized spacial score (nSPS) is 14.9. The Kier molecular flexibility index (Phi) is 9.46. The molecule has 3 heterocycles.